The average molecular weight is 552 g/mol. The lowest BCUT2D eigenvalue weighted by molar-refractivity contribution is -0.137. The molecular weight excluding hydrogens is 534 g/mol. The smallest absolute Gasteiger partial charge is 0.395 e. The molecule has 10 nitrogen and oxygen atoms in total. The molecule has 0 radical (unpaired) electrons. The van der Waals surface area contributed by atoms with Crippen molar-refractivity contribution in [2.45, 2.75) is 25.4 Å². The van der Waals surface area contributed by atoms with E-state index < -0.39 is 34.9 Å². The van der Waals surface area contributed by atoms with E-state index in [2.05, 4.69) is 35.9 Å². The summed E-state index contributed by atoms with van der Waals surface area (Å²) < 4.78 is 39.1. The Bertz CT molecular complexity index is 1200. The van der Waals surface area contributed by atoms with Crippen LogP contribution in [0.5, 0.6) is 0 Å². The van der Waals surface area contributed by atoms with Crippen LogP contribution in [-0.4, -0.2) is 49.2 Å². The number of aliphatic hydroxyl groups excluding tert-OH is 2. The molecule has 3 heterocycles. The van der Waals surface area contributed by atoms with Gasteiger partial charge in [-0.25, -0.2) is 19.9 Å². The van der Waals surface area contributed by atoms with Gasteiger partial charge in [-0.3, -0.25) is 10.1 Å². The number of hydrogen-bond donors (Lipinski definition) is 5. The van der Waals surface area contributed by atoms with Crippen LogP contribution in [0, 0.1) is 0 Å². The summed E-state index contributed by atoms with van der Waals surface area (Å²) in [4.78, 5) is 28.3. The molecule has 0 aliphatic heterocycles. The number of thiazole rings is 1. The Kier molecular flexibility index (Phi) is 8.79. The topological polar surface area (TPSA) is 145 Å². The number of rotatable bonds is 9. The van der Waals surface area contributed by atoms with Crippen LogP contribution in [-0.2, 0) is 6.18 Å². The summed E-state index contributed by atoms with van der Waals surface area (Å²) in [6.45, 7) is 1.72. The molecule has 0 aliphatic carbocycles. The molecule has 3 rings (SSSR count). The maximum absolute atomic E-state index is 13.0. The second-order valence-corrected chi connectivity index (χ2v) is 8.77. The third-order valence-corrected chi connectivity index (χ3v) is 6.26. The SMILES string of the molecule is CC(NC(O)c1ncnc(NCCO)c1Cl)c1ncc(C(=O)Nc2cc(C(F)(F)F)c(Cl)cn2)s1. The predicted octanol–water partition coefficient (Wildman–Crippen LogP) is 3.65. The van der Waals surface area contributed by atoms with E-state index in [1.165, 1.54) is 12.5 Å². The van der Waals surface area contributed by atoms with Crippen LogP contribution in [0.4, 0.5) is 24.8 Å². The number of nitrogens with one attached hydrogen (secondary N) is 3. The molecule has 0 aliphatic rings. The molecule has 188 valence electrons. The first-order valence-electron chi connectivity index (χ1n) is 9.80. The van der Waals surface area contributed by atoms with E-state index in [4.69, 9.17) is 28.3 Å². The average Bonchev–Trinajstić information content (AvgIpc) is 3.29. The highest BCUT2D eigenvalue weighted by atomic mass is 35.5. The summed E-state index contributed by atoms with van der Waals surface area (Å²) in [5, 5.41) is 27.2. The summed E-state index contributed by atoms with van der Waals surface area (Å²) in [5.74, 6) is -0.813. The number of halogens is 5. The van der Waals surface area contributed by atoms with E-state index in [0.29, 0.717) is 11.1 Å². The third kappa shape index (κ3) is 6.74. The lowest BCUT2D eigenvalue weighted by atomic mass is 10.2. The number of nitrogens with zero attached hydrogens (tertiary/aromatic N) is 4. The van der Waals surface area contributed by atoms with Gasteiger partial charge in [-0.2, -0.15) is 13.2 Å². The number of alkyl halides is 3. The van der Waals surface area contributed by atoms with E-state index in [1.807, 2.05) is 0 Å². The van der Waals surface area contributed by atoms with Crippen molar-refractivity contribution in [1.82, 2.24) is 25.3 Å². The standard InChI is InChI=1S/C19H18Cl2F3N7O3S/c1-8(30-17(34)14-13(21)15(25-2-3-32)29-7-28-14)18-27-6-11(35-18)16(33)31-12-4-9(19(22,23)24)10(20)5-26-12/h4-8,17,30,32,34H,2-3H2,1H3,(H,25,28,29)(H,26,31,33). The quantitative estimate of drug-likeness (QED) is 0.251. The summed E-state index contributed by atoms with van der Waals surface area (Å²) in [5.41, 5.74) is -1.04. The van der Waals surface area contributed by atoms with Crippen molar-refractivity contribution in [3.05, 3.63) is 56.0 Å². The predicted molar refractivity (Wildman–Crippen MR) is 123 cm³/mol. The fraction of sp³-hybridized carbons (Fsp3) is 0.316. The molecule has 0 aromatic carbocycles. The number of carbonyl (C=O) groups excluding carboxylic acids is 1. The van der Waals surface area contributed by atoms with Crippen LogP contribution in [0.15, 0.2) is 24.8 Å². The van der Waals surface area contributed by atoms with Crippen LogP contribution in [0.25, 0.3) is 0 Å². The first kappa shape index (κ1) is 27.0. The molecule has 16 heteroatoms. The summed E-state index contributed by atoms with van der Waals surface area (Å²) >= 11 is 12.7. The second-order valence-electron chi connectivity index (χ2n) is 6.93. The number of carbonyl (C=O) groups is 1. The van der Waals surface area contributed by atoms with Gasteiger partial charge in [-0.05, 0) is 13.0 Å². The minimum Gasteiger partial charge on any atom is -0.395 e. The van der Waals surface area contributed by atoms with E-state index >= 15 is 0 Å². The van der Waals surface area contributed by atoms with Gasteiger partial charge in [-0.1, -0.05) is 23.2 Å². The van der Waals surface area contributed by atoms with Crippen molar-refractivity contribution in [1.29, 1.82) is 0 Å². The van der Waals surface area contributed by atoms with Crippen LogP contribution in [0.3, 0.4) is 0 Å². The zero-order valence-corrected chi connectivity index (χ0v) is 20.1. The van der Waals surface area contributed by atoms with Crippen LogP contribution < -0.4 is 16.0 Å². The highest BCUT2D eigenvalue weighted by Crippen LogP contribution is 2.35. The van der Waals surface area contributed by atoms with Gasteiger partial charge in [0, 0.05) is 12.7 Å². The van der Waals surface area contributed by atoms with Crippen molar-refractivity contribution < 1.29 is 28.2 Å². The van der Waals surface area contributed by atoms with Crippen molar-refractivity contribution in [2.24, 2.45) is 0 Å². The highest BCUT2D eigenvalue weighted by molar-refractivity contribution is 7.13. The molecule has 2 unspecified atom stereocenters. The molecule has 0 saturated heterocycles. The fourth-order valence-corrected chi connectivity index (χ4v) is 4.06. The number of aromatic nitrogens is 4. The number of hydrogen-bond acceptors (Lipinski definition) is 10. The second kappa shape index (κ2) is 11.4. The minimum atomic E-state index is -4.71. The van der Waals surface area contributed by atoms with Gasteiger partial charge in [0.1, 0.15) is 44.8 Å². The van der Waals surface area contributed by atoms with Gasteiger partial charge < -0.3 is 20.8 Å². The molecule has 2 atom stereocenters. The van der Waals surface area contributed by atoms with Gasteiger partial charge >= 0.3 is 6.18 Å². The zero-order valence-electron chi connectivity index (χ0n) is 17.8. The molecule has 35 heavy (non-hydrogen) atoms. The highest BCUT2D eigenvalue weighted by Gasteiger charge is 2.34. The number of aliphatic hydroxyl groups is 2. The number of amides is 1. The largest absolute Gasteiger partial charge is 0.418 e. The number of pyridine rings is 1. The molecule has 3 aromatic heterocycles. The summed E-state index contributed by atoms with van der Waals surface area (Å²) in [6.07, 6.45) is -2.79. The Balaban J connectivity index is 1.68. The Morgan fingerprint density at radius 1 is 1.20 bits per heavy atom. The van der Waals surface area contributed by atoms with Crippen molar-refractivity contribution in [3.8, 4) is 0 Å². The maximum Gasteiger partial charge on any atom is 0.418 e. The van der Waals surface area contributed by atoms with Gasteiger partial charge in [-0.15, -0.1) is 11.3 Å². The molecular formula is C19H18Cl2F3N7O3S. The normalized spacial score (nSPS) is 13.4. The molecule has 0 bridgehead atoms. The molecule has 0 saturated carbocycles. The van der Waals surface area contributed by atoms with Gasteiger partial charge in [0.2, 0.25) is 0 Å². The van der Waals surface area contributed by atoms with Crippen molar-refractivity contribution in [2.75, 3.05) is 23.8 Å². The van der Waals surface area contributed by atoms with Gasteiger partial charge in [0.25, 0.3) is 5.91 Å². The fourth-order valence-electron chi connectivity index (χ4n) is 2.75. The van der Waals surface area contributed by atoms with Gasteiger partial charge in [0.15, 0.2) is 0 Å². The Hall–Kier alpha value is -2.62. The van der Waals surface area contributed by atoms with Gasteiger partial charge in [0.05, 0.1) is 29.4 Å². The van der Waals surface area contributed by atoms with Crippen molar-refractivity contribution >= 4 is 52.1 Å². The number of anilines is 2. The monoisotopic (exact) mass is 551 g/mol. The van der Waals surface area contributed by atoms with E-state index in [0.717, 1.165) is 17.5 Å². The Labute approximate surface area is 210 Å². The first-order chi connectivity index (χ1) is 16.5. The summed E-state index contributed by atoms with van der Waals surface area (Å²) in [7, 11) is 0. The third-order valence-electron chi connectivity index (χ3n) is 4.41. The molecule has 0 spiro atoms. The van der Waals surface area contributed by atoms with Crippen LogP contribution in [0.2, 0.25) is 10.0 Å². The Morgan fingerprint density at radius 3 is 2.63 bits per heavy atom. The summed E-state index contributed by atoms with van der Waals surface area (Å²) in [6, 6.07) is 0.0691. The van der Waals surface area contributed by atoms with E-state index in [1.54, 1.807) is 6.92 Å². The van der Waals surface area contributed by atoms with Crippen LogP contribution in [0.1, 0.15) is 45.1 Å². The molecule has 0 fully saturated rings. The lowest BCUT2D eigenvalue weighted by Gasteiger charge is -2.18. The van der Waals surface area contributed by atoms with Crippen molar-refractivity contribution in [3.63, 3.8) is 0 Å². The van der Waals surface area contributed by atoms with E-state index in [9.17, 15) is 23.1 Å². The molecule has 3 aromatic rings. The zero-order chi connectivity index (χ0) is 25.8. The minimum absolute atomic E-state index is 0.0565. The maximum atomic E-state index is 13.0. The molecule has 1 amide bonds. The Morgan fingerprint density at radius 2 is 1.94 bits per heavy atom. The first-order valence-corrected chi connectivity index (χ1v) is 11.4. The lowest BCUT2D eigenvalue weighted by Crippen LogP contribution is -2.25. The molecule has 5 N–H and O–H groups in total. The van der Waals surface area contributed by atoms with Crippen LogP contribution >= 0.6 is 34.5 Å². The van der Waals surface area contributed by atoms with E-state index in [-0.39, 0.29) is 40.4 Å².